The molecule has 1 atom stereocenters. The van der Waals surface area contributed by atoms with Crippen LogP contribution in [0.15, 0.2) is 11.6 Å². The molecule has 0 saturated heterocycles. The van der Waals surface area contributed by atoms with E-state index >= 15 is 0 Å². The number of thiazole rings is 1. The summed E-state index contributed by atoms with van der Waals surface area (Å²) in [5.74, 6) is 1.49. The third-order valence-corrected chi connectivity index (χ3v) is 3.22. The van der Waals surface area contributed by atoms with Crippen molar-refractivity contribution in [1.29, 1.82) is 0 Å². The summed E-state index contributed by atoms with van der Waals surface area (Å²) < 4.78 is 0. The largest absolute Gasteiger partial charge is 0.316 e. The van der Waals surface area contributed by atoms with Crippen molar-refractivity contribution in [2.75, 3.05) is 13.1 Å². The smallest absolute Gasteiger partial charge is 0.0924 e. The van der Waals surface area contributed by atoms with Crippen molar-refractivity contribution in [3.63, 3.8) is 0 Å². The summed E-state index contributed by atoms with van der Waals surface area (Å²) >= 11 is 1.76. The van der Waals surface area contributed by atoms with Gasteiger partial charge < -0.3 is 5.32 Å². The van der Waals surface area contributed by atoms with Crippen LogP contribution in [0.1, 0.15) is 32.2 Å². The van der Waals surface area contributed by atoms with E-state index in [2.05, 4.69) is 36.5 Å². The zero-order chi connectivity index (χ0) is 11.1. The average molecular weight is 226 g/mol. The Morgan fingerprint density at radius 3 is 2.73 bits per heavy atom. The second-order valence-corrected chi connectivity index (χ2v) is 5.60. The molecule has 1 heterocycles. The number of nitrogens with one attached hydrogen (secondary N) is 1. The molecular formula is C12H22N2S. The lowest BCUT2D eigenvalue weighted by Crippen LogP contribution is -2.25. The highest BCUT2D eigenvalue weighted by atomic mass is 32.1. The van der Waals surface area contributed by atoms with Gasteiger partial charge in [0.05, 0.1) is 5.01 Å². The Morgan fingerprint density at radius 1 is 1.33 bits per heavy atom. The molecule has 0 aromatic carbocycles. The standard InChI is InChI=1S/C12H22N2S/c1-10(2)8-13-9-11(3)4-5-12-14-6-7-15-12/h6-7,10-11,13H,4-5,8-9H2,1-3H3. The topological polar surface area (TPSA) is 24.9 Å². The van der Waals surface area contributed by atoms with E-state index < -0.39 is 0 Å². The SMILES string of the molecule is CC(C)CNCC(C)CCc1nccs1. The van der Waals surface area contributed by atoms with Crippen LogP contribution in [0, 0.1) is 11.8 Å². The van der Waals surface area contributed by atoms with Gasteiger partial charge in [-0.05, 0) is 37.8 Å². The zero-order valence-corrected chi connectivity index (χ0v) is 10.8. The normalized spacial score (nSPS) is 13.3. The molecule has 3 heteroatoms. The third-order valence-electron chi connectivity index (χ3n) is 2.38. The Balaban J connectivity index is 2.06. The highest BCUT2D eigenvalue weighted by Crippen LogP contribution is 2.11. The number of hydrogen-bond acceptors (Lipinski definition) is 3. The minimum Gasteiger partial charge on any atom is -0.316 e. The summed E-state index contributed by atoms with van der Waals surface area (Å²) in [7, 11) is 0. The lowest BCUT2D eigenvalue weighted by atomic mass is 10.1. The van der Waals surface area contributed by atoms with Gasteiger partial charge in [0.15, 0.2) is 0 Å². The predicted octanol–water partition coefficient (Wildman–Crippen LogP) is 2.96. The molecule has 0 fully saturated rings. The fourth-order valence-corrected chi connectivity index (χ4v) is 2.10. The van der Waals surface area contributed by atoms with Gasteiger partial charge in [-0.1, -0.05) is 20.8 Å². The molecule has 0 aliphatic heterocycles. The average Bonchev–Trinajstić information content (AvgIpc) is 2.66. The van der Waals surface area contributed by atoms with Crippen LogP contribution in [-0.2, 0) is 6.42 Å². The van der Waals surface area contributed by atoms with E-state index in [0.717, 1.165) is 31.3 Å². The van der Waals surface area contributed by atoms with Gasteiger partial charge in [0.1, 0.15) is 0 Å². The van der Waals surface area contributed by atoms with Crippen molar-refractivity contribution in [2.24, 2.45) is 11.8 Å². The first kappa shape index (κ1) is 12.7. The fraction of sp³-hybridized carbons (Fsp3) is 0.750. The van der Waals surface area contributed by atoms with E-state index in [9.17, 15) is 0 Å². The van der Waals surface area contributed by atoms with Gasteiger partial charge in [0.25, 0.3) is 0 Å². The summed E-state index contributed by atoms with van der Waals surface area (Å²) in [4.78, 5) is 4.29. The van der Waals surface area contributed by atoms with Crippen molar-refractivity contribution < 1.29 is 0 Å². The van der Waals surface area contributed by atoms with Gasteiger partial charge in [-0.2, -0.15) is 0 Å². The van der Waals surface area contributed by atoms with E-state index in [4.69, 9.17) is 0 Å². The summed E-state index contributed by atoms with van der Waals surface area (Å²) in [6.07, 6.45) is 4.25. The van der Waals surface area contributed by atoms with E-state index in [-0.39, 0.29) is 0 Å². The van der Waals surface area contributed by atoms with Crippen LogP contribution in [0.25, 0.3) is 0 Å². The molecule has 1 unspecified atom stereocenters. The highest BCUT2D eigenvalue weighted by Gasteiger charge is 2.04. The lowest BCUT2D eigenvalue weighted by Gasteiger charge is -2.13. The van der Waals surface area contributed by atoms with Crippen molar-refractivity contribution >= 4 is 11.3 Å². The van der Waals surface area contributed by atoms with Crippen molar-refractivity contribution in [2.45, 2.75) is 33.6 Å². The molecule has 0 aliphatic carbocycles. The van der Waals surface area contributed by atoms with Gasteiger partial charge >= 0.3 is 0 Å². The second kappa shape index (κ2) is 6.96. The van der Waals surface area contributed by atoms with E-state index in [0.29, 0.717) is 0 Å². The number of aryl methyl sites for hydroxylation is 1. The molecule has 1 N–H and O–H groups in total. The second-order valence-electron chi connectivity index (χ2n) is 4.62. The summed E-state index contributed by atoms with van der Waals surface area (Å²) in [6, 6.07) is 0. The lowest BCUT2D eigenvalue weighted by molar-refractivity contribution is 0.454. The van der Waals surface area contributed by atoms with E-state index in [1.165, 1.54) is 11.4 Å². The molecule has 0 saturated carbocycles. The molecule has 0 bridgehead atoms. The van der Waals surface area contributed by atoms with Crippen molar-refractivity contribution in [1.82, 2.24) is 10.3 Å². The Morgan fingerprint density at radius 2 is 2.13 bits per heavy atom. The molecule has 86 valence electrons. The van der Waals surface area contributed by atoms with Gasteiger partial charge in [0.2, 0.25) is 0 Å². The Hall–Kier alpha value is -0.410. The molecular weight excluding hydrogens is 204 g/mol. The van der Waals surface area contributed by atoms with Gasteiger partial charge in [-0.3, -0.25) is 0 Å². The maximum Gasteiger partial charge on any atom is 0.0924 e. The van der Waals surface area contributed by atoms with Crippen LogP contribution in [0.3, 0.4) is 0 Å². The minimum absolute atomic E-state index is 0.743. The number of rotatable bonds is 7. The van der Waals surface area contributed by atoms with Crippen LogP contribution >= 0.6 is 11.3 Å². The Bertz CT molecular complexity index is 244. The van der Waals surface area contributed by atoms with Gasteiger partial charge in [-0.25, -0.2) is 4.98 Å². The van der Waals surface area contributed by atoms with E-state index in [1.54, 1.807) is 11.3 Å². The molecule has 1 aromatic rings. The first-order chi connectivity index (χ1) is 7.18. The maximum atomic E-state index is 4.29. The van der Waals surface area contributed by atoms with E-state index in [1.807, 2.05) is 6.20 Å². The Labute approximate surface area is 97.1 Å². The molecule has 0 aliphatic rings. The summed E-state index contributed by atoms with van der Waals surface area (Å²) in [5.41, 5.74) is 0. The fourth-order valence-electron chi connectivity index (χ4n) is 1.47. The maximum absolute atomic E-state index is 4.29. The van der Waals surface area contributed by atoms with Crippen LogP contribution in [0.4, 0.5) is 0 Å². The number of aromatic nitrogens is 1. The molecule has 0 amide bonds. The van der Waals surface area contributed by atoms with Crippen molar-refractivity contribution in [3.05, 3.63) is 16.6 Å². The van der Waals surface area contributed by atoms with Crippen molar-refractivity contribution in [3.8, 4) is 0 Å². The predicted molar refractivity (Wildman–Crippen MR) is 67.3 cm³/mol. The van der Waals surface area contributed by atoms with Gasteiger partial charge in [-0.15, -0.1) is 11.3 Å². The van der Waals surface area contributed by atoms with Crippen LogP contribution in [0.2, 0.25) is 0 Å². The molecule has 0 radical (unpaired) electrons. The first-order valence-electron chi connectivity index (χ1n) is 5.77. The summed E-state index contributed by atoms with van der Waals surface area (Å²) in [6.45, 7) is 9.05. The molecule has 1 rings (SSSR count). The highest BCUT2D eigenvalue weighted by molar-refractivity contribution is 7.09. The number of nitrogens with zero attached hydrogens (tertiary/aromatic N) is 1. The van der Waals surface area contributed by atoms with Gasteiger partial charge in [0, 0.05) is 11.6 Å². The minimum atomic E-state index is 0.743. The Kier molecular flexibility index (Phi) is 5.88. The molecule has 2 nitrogen and oxygen atoms in total. The van der Waals surface area contributed by atoms with Crippen LogP contribution in [0.5, 0.6) is 0 Å². The molecule has 0 spiro atoms. The van der Waals surface area contributed by atoms with Crippen LogP contribution < -0.4 is 5.32 Å². The number of hydrogen-bond donors (Lipinski definition) is 1. The van der Waals surface area contributed by atoms with Crippen LogP contribution in [-0.4, -0.2) is 18.1 Å². The first-order valence-corrected chi connectivity index (χ1v) is 6.65. The molecule has 15 heavy (non-hydrogen) atoms. The third kappa shape index (κ3) is 5.90. The summed E-state index contributed by atoms with van der Waals surface area (Å²) in [5, 5.41) is 6.82. The molecule has 1 aromatic heterocycles. The zero-order valence-electron chi connectivity index (χ0n) is 9.99. The monoisotopic (exact) mass is 226 g/mol. The quantitative estimate of drug-likeness (QED) is 0.773.